The molecule has 3 N–H and O–H groups in total. The molecule has 0 spiro atoms. The zero-order valence-electron chi connectivity index (χ0n) is 27.8. The number of hydrogen-bond donors (Lipinski definition) is 3. The van der Waals surface area contributed by atoms with Gasteiger partial charge in [-0.05, 0) is 32.6 Å². The highest BCUT2D eigenvalue weighted by molar-refractivity contribution is 6.01. The maximum atomic E-state index is 11.0. The van der Waals surface area contributed by atoms with Gasteiger partial charge in [0.2, 0.25) is 11.7 Å². The van der Waals surface area contributed by atoms with Crippen LogP contribution < -0.4 is 16.3 Å². The summed E-state index contributed by atoms with van der Waals surface area (Å²) in [5.74, 6) is -0.400. The fourth-order valence-corrected chi connectivity index (χ4v) is 4.67. The highest BCUT2D eigenvalue weighted by Crippen LogP contribution is 2.35. The number of amides is 1. The average molecular weight is 647 g/mol. The molecule has 5 rings (SSSR count). The molecule has 0 aromatic carbocycles. The highest BCUT2D eigenvalue weighted by Gasteiger charge is 2.31. The first-order valence-electron chi connectivity index (χ1n) is 14.5. The van der Waals surface area contributed by atoms with Crippen molar-refractivity contribution in [1.29, 1.82) is 0 Å². The lowest BCUT2D eigenvalue weighted by atomic mass is 9.75. The van der Waals surface area contributed by atoms with Crippen LogP contribution in [0.25, 0.3) is 0 Å². The number of rotatable bonds is 0. The number of hydrogen-bond acceptors (Lipinski definition) is 12. The largest absolute Gasteiger partial charge is 0.508 e. The van der Waals surface area contributed by atoms with E-state index in [1.165, 1.54) is 6.07 Å². The van der Waals surface area contributed by atoms with Crippen LogP contribution in [0.15, 0.2) is 58.1 Å². The van der Waals surface area contributed by atoms with Crippen LogP contribution >= 0.6 is 0 Å². The van der Waals surface area contributed by atoms with Crippen molar-refractivity contribution in [3.63, 3.8) is 0 Å². The summed E-state index contributed by atoms with van der Waals surface area (Å²) in [6.45, 7) is 24.0. The number of aromatic hydroxyl groups is 1. The summed E-state index contributed by atoms with van der Waals surface area (Å²) in [5, 5.41) is 14.6. The van der Waals surface area contributed by atoms with Gasteiger partial charge in [-0.25, -0.2) is 4.79 Å². The predicted molar refractivity (Wildman–Crippen MR) is 168 cm³/mol. The monoisotopic (exact) mass is 646 g/mol. The first-order valence-corrected chi connectivity index (χ1v) is 14.5. The number of cyclic esters (lactones) is 2. The number of Topliss-reactive ketones (excluding diaryl/α,β-unsaturated/α-hetero) is 2. The lowest BCUT2D eigenvalue weighted by Gasteiger charge is -2.34. The van der Waals surface area contributed by atoms with E-state index in [4.69, 9.17) is 14.6 Å². The van der Waals surface area contributed by atoms with E-state index in [2.05, 4.69) is 53.4 Å². The summed E-state index contributed by atoms with van der Waals surface area (Å²) in [7, 11) is 0. The van der Waals surface area contributed by atoms with Gasteiger partial charge in [0, 0.05) is 38.5 Å². The summed E-state index contributed by atoms with van der Waals surface area (Å²) >= 11 is 0. The Balaban J connectivity index is 0.000000289. The van der Waals surface area contributed by atoms with Crippen LogP contribution in [0.1, 0.15) is 85.8 Å². The molecule has 254 valence electrons. The van der Waals surface area contributed by atoms with Gasteiger partial charge in [-0.3, -0.25) is 24.0 Å². The lowest BCUT2D eigenvalue weighted by Crippen LogP contribution is -2.57. The maximum absolute atomic E-state index is 11.0. The molecule has 46 heavy (non-hydrogen) atoms. The van der Waals surface area contributed by atoms with Crippen molar-refractivity contribution in [2.75, 3.05) is 6.61 Å². The first kappa shape index (κ1) is 39.3. The van der Waals surface area contributed by atoms with Crippen molar-refractivity contribution in [2.45, 2.75) is 98.4 Å². The van der Waals surface area contributed by atoms with E-state index in [0.717, 1.165) is 30.2 Å². The number of allylic oxidation sites excluding steroid dienone is 1. The SMILES string of the molecule is C=C1CC(=O)CC(C)(C)C1.C=C1CC(=O)NC(C)(C)N1.C=C1CC(=O)OC(C)(C)O1.Cc1cc(O)cc(=O)o1.O=C1COC(=O)C1. The zero-order chi connectivity index (χ0) is 35.5. The minimum Gasteiger partial charge on any atom is -0.508 e. The van der Waals surface area contributed by atoms with Gasteiger partial charge in [0.15, 0.2) is 12.4 Å². The second-order valence-electron chi connectivity index (χ2n) is 12.9. The zero-order valence-corrected chi connectivity index (χ0v) is 27.8. The summed E-state index contributed by atoms with van der Waals surface area (Å²) in [4.78, 5) is 63.1. The molecule has 0 bridgehead atoms. The van der Waals surface area contributed by atoms with Gasteiger partial charge in [0.25, 0.3) is 0 Å². The molecule has 1 aliphatic carbocycles. The van der Waals surface area contributed by atoms with E-state index in [0.29, 0.717) is 30.1 Å². The van der Waals surface area contributed by atoms with Gasteiger partial charge < -0.3 is 34.4 Å². The Hall–Kier alpha value is -4.68. The summed E-state index contributed by atoms with van der Waals surface area (Å²) < 4.78 is 18.7. The number of ketones is 2. The molecular weight excluding hydrogens is 600 g/mol. The van der Waals surface area contributed by atoms with Gasteiger partial charge >= 0.3 is 17.6 Å². The Morgan fingerprint density at radius 1 is 0.761 bits per heavy atom. The van der Waals surface area contributed by atoms with Crippen LogP contribution in [-0.4, -0.2) is 52.6 Å². The smallest absolute Gasteiger partial charge is 0.339 e. The quantitative estimate of drug-likeness (QED) is 0.209. The lowest BCUT2D eigenvalue weighted by molar-refractivity contribution is -0.217. The van der Waals surface area contributed by atoms with Crippen molar-refractivity contribution in [3.8, 4) is 5.75 Å². The molecular formula is C33H46N2O11. The molecule has 0 radical (unpaired) electrons. The van der Waals surface area contributed by atoms with E-state index in [1.807, 2.05) is 13.8 Å². The molecule has 13 nitrogen and oxygen atoms in total. The minimum atomic E-state index is -0.827. The molecule has 3 aliphatic heterocycles. The molecule has 4 heterocycles. The molecule has 3 saturated heterocycles. The second kappa shape index (κ2) is 16.6. The first-order chi connectivity index (χ1) is 21.0. The molecule has 0 atom stereocenters. The minimum absolute atomic E-state index is 0.0150. The van der Waals surface area contributed by atoms with Gasteiger partial charge in [-0.2, -0.15) is 0 Å². The van der Waals surface area contributed by atoms with Crippen LogP contribution in [-0.2, 0) is 38.2 Å². The van der Waals surface area contributed by atoms with Gasteiger partial charge in [0.05, 0.1) is 12.5 Å². The van der Waals surface area contributed by atoms with Crippen molar-refractivity contribution in [3.05, 3.63) is 65.1 Å². The third kappa shape index (κ3) is 17.0. The number of ether oxygens (including phenoxy) is 3. The summed E-state index contributed by atoms with van der Waals surface area (Å²) in [5.41, 5.74) is 1.21. The average Bonchev–Trinajstić information content (AvgIpc) is 3.17. The fourth-order valence-electron chi connectivity index (χ4n) is 4.67. The van der Waals surface area contributed by atoms with Crippen molar-refractivity contribution in [2.24, 2.45) is 5.41 Å². The Morgan fingerprint density at radius 3 is 1.76 bits per heavy atom. The number of aryl methyl sites for hydroxylation is 1. The molecule has 1 aromatic rings. The van der Waals surface area contributed by atoms with E-state index in [-0.39, 0.29) is 53.9 Å². The molecule has 1 aromatic heterocycles. The molecule has 1 saturated carbocycles. The second-order valence-corrected chi connectivity index (χ2v) is 12.9. The van der Waals surface area contributed by atoms with Gasteiger partial charge in [-0.1, -0.05) is 39.2 Å². The third-order valence-electron chi connectivity index (χ3n) is 5.87. The molecule has 13 heteroatoms. The Bertz CT molecular complexity index is 1230. The standard InChI is InChI=1S/C9H14O.C7H12N2O.C7H10O3.C6H6O3.C4H4O3/c1-7-4-8(10)6-9(2,3)5-7;1-5-4-6(10)9-7(2,3)8-5;1-5-4-6(8)10-7(2,3)9-5;1-4-2-5(7)3-6(8)9-4;5-3-1-4(6)7-2-3/h1,4-6H2,2-3H3;8H,1,4H2,2-3H3,(H,9,10);1,4H2,2-3H3;2-3,7H,1H3;1-2H2. The van der Waals surface area contributed by atoms with Crippen molar-refractivity contribution in [1.82, 2.24) is 10.6 Å². The Labute approximate surface area is 269 Å². The van der Waals surface area contributed by atoms with E-state index >= 15 is 0 Å². The van der Waals surface area contributed by atoms with Crippen LogP contribution in [0.2, 0.25) is 0 Å². The molecule has 4 aliphatic rings. The van der Waals surface area contributed by atoms with Crippen molar-refractivity contribution < 1.29 is 47.7 Å². The van der Waals surface area contributed by atoms with Crippen LogP contribution in [0, 0.1) is 12.3 Å². The molecule has 1 amide bonds. The van der Waals surface area contributed by atoms with Crippen LogP contribution in [0.3, 0.4) is 0 Å². The Morgan fingerprint density at radius 2 is 1.39 bits per heavy atom. The number of carbonyl (C=O) groups excluding carboxylic acids is 5. The summed E-state index contributed by atoms with van der Waals surface area (Å²) in [6, 6.07) is 2.40. The third-order valence-corrected chi connectivity index (χ3v) is 5.87. The topological polar surface area (TPSA) is 188 Å². The van der Waals surface area contributed by atoms with E-state index < -0.39 is 17.4 Å². The number of esters is 2. The van der Waals surface area contributed by atoms with Gasteiger partial charge in [0.1, 0.15) is 41.6 Å². The van der Waals surface area contributed by atoms with Crippen molar-refractivity contribution >= 4 is 29.4 Å². The van der Waals surface area contributed by atoms with Crippen LogP contribution in [0.4, 0.5) is 0 Å². The molecule has 0 unspecified atom stereocenters. The van der Waals surface area contributed by atoms with E-state index in [1.54, 1.807) is 20.8 Å². The predicted octanol–water partition coefficient (Wildman–Crippen LogP) is 4.02. The normalized spacial score (nSPS) is 20.5. The summed E-state index contributed by atoms with van der Waals surface area (Å²) in [6.07, 6.45) is 2.89. The number of carbonyl (C=O) groups is 5. The Kier molecular flexibility index (Phi) is 14.2. The van der Waals surface area contributed by atoms with E-state index in [9.17, 15) is 28.8 Å². The number of nitrogens with one attached hydrogen (secondary N) is 2. The maximum Gasteiger partial charge on any atom is 0.339 e. The molecule has 4 fully saturated rings. The fraction of sp³-hybridized carbons (Fsp3) is 0.515. The highest BCUT2D eigenvalue weighted by atomic mass is 16.7. The van der Waals surface area contributed by atoms with Gasteiger partial charge in [-0.15, -0.1) is 0 Å². The van der Waals surface area contributed by atoms with Crippen LogP contribution in [0.5, 0.6) is 5.75 Å².